The molecule has 0 radical (unpaired) electrons. The lowest BCUT2D eigenvalue weighted by Gasteiger charge is -2.54. The van der Waals surface area contributed by atoms with Crippen molar-refractivity contribution in [3.63, 3.8) is 0 Å². The van der Waals surface area contributed by atoms with Crippen LogP contribution < -0.4 is 0 Å². The van der Waals surface area contributed by atoms with Gasteiger partial charge in [-0.25, -0.2) is 0 Å². The molecule has 2 nitrogen and oxygen atoms in total. The van der Waals surface area contributed by atoms with Gasteiger partial charge in [0.05, 0.1) is 0 Å². The summed E-state index contributed by atoms with van der Waals surface area (Å²) in [5, 5.41) is 3.97. The van der Waals surface area contributed by atoms with Gasteiger partial charge in [-0.15, -0.1) is 0 Å². The van der Waals surface area contributed by atoms with E-state index < -0.39 is 0 Å². The number of hydrogen-bond donors (Lipinski definition) is 0. The highest BCUT2D eigenvalue weighted by atomic mass is 16.7. The summed E-state index contributed by atoms with van der Waals surface area (Å²) in [6, 6.07) is 0. The zero-order valence-electron chi connectivity index (χ0n) is 9.86. The largest absolute Gasteiger partial charge is 0.382 e. The number of rotatable bonds is 0. The predicted octanol–water partition coefficient (Wildman–Crippen LogP) is 3.22. The van der Waals surface area contributed by atoms with Gasteiger partial charge in [-0.1, -0.05) is 46.7 Å². The van der Waals surface area contributed by atoms with Gasteiger partial charge in [0, 0.05) is 10.8 Å². The first kappa shape index (κ1) is 10.6. The third-order valence-corrected chi connectivity index (χ3v) is 2.94. The van der Waals surface area contributed by atoms with Crippen molar-refractivity contribution < 1.29 is 4.84 Å². The van der Waals surface area contributed by atoms with Crippen molar-refractivity contribution in [2.24, 2.45) is 16.0 Å². The Balaban J connectivity index is 3.15. The zero-order chi connectivity index (χ0) is 10.5. The molecule has 0 unspecified atom stereocenters. The molecule has 0 amide bonds. The second kappa shape index (κ2) is 2.49. The van der Waals surface area contributed by atoms with Crippen LogP contribution in [0.4, 0.5) is 0 Å². The van der Waals surface area contributed by atoms with E-state index in [4.69, 9.17) is 4.84 Å². The molecule has 0 fully saturated rings. The van der Waals surface area contributed by atoms with Crippen molar-refractivity contribution >= 4 is 5.71 Å². The summed E-state index contributed by atoms with van der Waals surface area (Å²) in [5.41, 5.74) is 1.11. The topological polar surface area (TPSA) is 21.6 Å². The molecule has 0 saturated carbocycles. The average molecular weight is 183 g/mol. The molecule has 0 atom stereocenters. The Morgan fingerprint density at radius 2 is 1.38 bits per heavy atom. The molecule has 76 valence electrons. The summed E-state index contributed by atoms with van der Waals surface area (Å²) < 4.78 is 0. The third-order valence-electron chi connectivity index (χ3n) is 2.94. The fourth-order valence-electron chi connectivity index (χ4n) is 2.71. The monoisotopic (exact) mass is 183 g/mol. The van der Waals surface area contributed by atoms with Crippen molar-refractivity contribution in [3.05, 3.63) is 0 Å². The molecule has 0 saturated heterocycles. The predicted molar refractivity (Wildman–Crippen MR) is 55.8 cm³/mol. The van der Waals surface area contributed by atoms with Crippen LogP contribution in [-0.2, 0) is 4.84 Å². The summed E-state index contributed by atoms with van der Waals surface area (Å²) in [4.78, 5) is 5.55. The zero-order valence-corrected chi connectivity index (χ0v) is 9.86. The van der Waals surface area contributed by atoms with Crippen LogP contribution in [0.1, 0.15) is 48.5 Å². The second-order valence-electron chi connectivity index (χ2n) is 5.95. The minimum absolute atomic E-state index is 0.0943. The van der Waals surface area contributed by atoms with Gasteiger partial charge in [-0.2, -0.15) is 0 Å². The number of oxime groups is 1. The molecule has 0 aliphatic carbocycles. The molecule has 0 spiro atoms. The normalized spacial score (nSPS) is 21.6. The highest BCUT2D eigenvalue weighted by molar-refractivity contribution is 5.94. The average Bonchev–Trinajstić information content (AvgIpc) is 1.77. The van der Waals surface area contributed by atoms with Crippen molar-refractivity contribution in [2.75, 3.05) is 0 Å². The molecule has 13 heavy (non-hydrogen) atoms. The van der Waals surface area contributed by atoms with Gasteiger partial charge in [0.15, 0.2) is 5.60 Å². The fraction of sp³-hybridized carbons (Fsp3) is 0.909. The van der Waals surface area contributed by atoms with Crippen LogP contribution in [0.25, 0.3) is 0 Å². The third kappa shape index (κ3) is 1.18. The van der Waals surface area contributed by atoms with Crippen molar-refractivity contribution in [1.82, 2.24) is 0 Å². The lowest BCUT2D eigenvalue weighted by atomic mass is 9.59. The molecular formula is C11H21NO. The van der Waals surface area contributed by atoms with Crippen molar-refractivity contribution in [3.8, 4) is 0 Å². The molecule has 1 rings (SSSR count). The molecule has 1 aliphatic rings. The standard InChI is InChI=1S/C11H21NO/c1-8-11(13-12-8,9(2,3)4)10(5,6)7/h1-7H3. The minimum atomic E-state index is -0.194. The first-order valence-corrected chi connectivity index (χ1v) is 4.86. The summed E-state index contributed by atoms with van der Waals surface area (Å²) in [6.07, 6.45) is 0. The van der Waals surface area contributed by atoms with E-state index in [0.717, 1.165) is 5.71 Å². The van der Waals surface area contributed by atoms with Crippen molar-refractivity contribution in [2.45, 2.75) is 54.1 Å². The molecular weight excluding hydrogens is 162 g/mol. The number of hydrogen-bond acceptors (Lipinski definition) is 2. The highest BCUT2D eigenvalue weighted by Gasteiger charge is 2.60. The highest BCUT2D eigenvalue weighted by Crippen LogP contribution is 2.51. The van der Waals surface area contributed by atoms with Gasteiger partial charge < -0.3 is 4.84 Å². The van der Waals surface area contributed by atoms with Crippen LogP contribution in [0.3, 0.4) is 0 Å². The molecule has 0 aromatic heterocycles. The van der Waals surface area contributed by atoms with Crippen LogP contribution in [0, 0.1) is 10.8 Å². The van der Waals surface area contributed by atoms with E-state index in [2.05, 4.69) is 53.6 Å². The summed E-state index contributed by atoms with van der Waals surface area (Å²) in [5.74, 6) is 0. The smallest absolute Gasteiger partial charge is 0.187 e. The van der Waals surface area contributed by atoms with Gasteiger partial charge in [-0.3, -0.25) is 0 Å². The first-order chi connectivity index (χ1) is 5.63. The van der Waals surface area contributed by atoms with Crippen LogP contribution >= 0.6 is 0 Å². The Morgan fingerprint density at radius 1 is 1.00 bits per heavy atom. The molecule has 0 aromatic carbocycles. The van der Waals surface area contributed by atoms with E-state index in [1.165, 1.54) is 0 Å². The molecule has 1 aliphatic heterocycles. The second-order valence-corrected chi connectivity index (χ2v) is 5.95. The molecule has 2 heteroatoms. The Bertz CT molecular complexity index is 226. The Morgan fingerprint density at radius 3 is 1.38 bits per heavy atom. The fourth-order valence-corrected chi connectivity index (χ4v) is 2.71. The van der Waals surface area contributed by atoms with Gasteiger partial charge in [0.25, 0.3) is 0 Å². The van der Waals surface area contributed by atoms with E-state index in [9.17, 15) is 0 Å². The maximum Gasteiger partial charge on any atom is 0.187 e. The minimum Gasteiger partial charge on any atom is -0.382 e. The Kier molecular flexibility index (Phi) is 2.02. The lowest BCUT2D eigenvalue weighted by molar-refractivity contribution is -0.164. The lowest BCUT2D eigenvalue weighted by Crippen LogP contribution is -2.63. The maximum absolute atomic E-state index is 5.55. The van der Waals surface area contributed by atoms with Gasteiger partial charge >= 0.3 is 0 Å². The van der Waals surface area contributed by atoms with E-state index >= 15 is 0 Å². The molecule has 1 heterocycles. The van der Waals surface area contributed by atoms with Crippen LogP contribution in [0.2, 0.25) is 0 Å². The number of nitrogens with zero attached hydrogens (tertiary/aromatic N) is 1. The van der Waals surface area contributed by atoms with Crippen LogP contribution in [0.15, 0.2) is 5.16 Å². The van der Waals surface area contributed by atoms with Gasteiger partial charge in [0.1, 0.15) is 5.71 Å². The Hall–Kier alpha value is -0.530. The Labute approximate surface area is 81.3 Å². The SMILES string of the molecule is CC1=NOC1(C(C)(C)C)C(C)(C)C. The quantitative estimate of drug-likeness (QED) is 0.565. The molecule has 0 aromatic rings. The van der Waals surface area contributed by atoms with E-state index in [-0.39, 0.29) is 16.4 Å². The molecule has 0 bridgehead atoms. The van der Waals surface area contributed by atoms with Crippen LogP contribution in [0.5, 0.6) is 0 Å². The van der Waals surface area contributed by atoms with Gasteiger partial charge in [0.2, 0.25) is 0 Å². The first-order valence-electron chi connectivity index (χ1n) is 4.86. The maximum atomic E-state index is 5.55. The van der Waals surface area contributed by atoms with Gasteiger partial charge in [-0.05, 0) is 6.92 Å². The summed E-state index contributed by atoms with van der Waals surface area (Å²) in [7, 11) is 0. The van der Waals surface area contributed by atoms with E-state index in [0.29, 0.717) is 0 Å². The van der Waals surface area contributed by atoms with E-state index in [1.807, 2.05) is 0 Å². The van der Waals surface area contributed by atoms with Crippen molar-refractivity contribution in [1.29, 1.82) is 0 Å². The summed E-state index contributed by atoms with van der Waals surface area (Å²) in [6.45, 7) is 15.3. The van der Waals surface area contributed by atoms with Crippen LogP contribution in [-0.4, -0.2) is 11.3 Å². The van der Waals surface area contributed by atoms with E-state index in [1.54, 1.807) is 0 Å². The summed E-state index contributed by atoms with van der Waals surface area (Å²) >= 11 is 0. The molecule has 0 N–H and O–H groups in total.